The Bertz CT molecular complexity index is 794. The molecule has 0 amide bonds. The van der Waals surface area contributed by atoms with Gasteiger partial charge in [0.1, 0.15) is 16.7 Å². The van der Waals surface area contributed by atoms with Gasteiger partial charge in [-0.2, -0.15) is 5.26 Å². The van der Waals surface area contributed by atoms with Gasteiger partial charge in [-0.05, 0) is 41.1 Å². The largest absolute Gasteiger partial charge is 0.479 e. The number of thiophene rings is 1. The maximum Gasteiger partial charge on any atom is 0.263 e. The third-order valence-electron chi connectivity index (χ3n) is 2.52. The molecule has 0 saturated heterocycles. The van der Waals surface area contributed by atoms with E-state index < -0.39 is 10.0 Å². The zero-order valence-corrected chi connectivity index (χ0v) is 14.2. The summed E-state index contributed by atoms with van der Waals surface area (Å²) < 4.78 is 33.1. The zero-order chi connectivity index (χ0) is 15.5. The van der Waals surface area contributed by atoms with Gasteiger partial charge in [0, 0.05) is 10.9 Å². The molecule has 2 rings (SSSR count). The van der Waals surface area contributed by atoms with E-state index in [-0.39, 0.29) is 11.5 Å². The molecule has 0 atom stereocenters. The summed E-state index contributed by atoms with van der Waals surface area (Å²) in [5.74, 6) is 0.431. The highest BCUT2D eigenvalue weighted by Crippen LogP contribution is 2.31. The number of aryl methyl sites for hydroxylation is 1. The van der Waals surface area contributed by atoms with E-state index in [1.807, 2.05) is 6.07 Å². The molecule has 1 N–H and O–H groups in total. The standard InChI is InChI=1S/C13H11BrN2O3S2/c1-9-12(8-13(14)20-9)21(17,18)16-10-3-2-4-11(7-10)19-6-5-15/h2-4,7-8,16H,6H2,1H3. The molecule has 8 heteroatoms. The van der Waals surface area contributed by atoms with Gasteiger partial charge in [0.05, 0.1) is 9.47 Å². The first-order chi connectivity index (χ1) is 9.92. The lowest BCUT2D eigenvalue weighted by Gasteiger charge is -2.09. The average Bonchev–Trinajstić information content (AvgIpc) is 2.76. The Morgan fingerprint density at radius 3 is 2.81 bits per heavy atom. The number of benzene rings is 1. The van der Waals surface area contributed by atoms with Crippen molar-refractivity contribution in [2.24, 2.45) is 0 Å². The Morgan fingerprint density at radius 2 is 2.19 bits per heavy atom. The van der Waals surface area contributed by atoms with E-state index in [0.717, 1.165) is 3.79 Å². The minimum absolute atomic E-state index is 0.0905. The molecule has 0 unspecified atom stereocenters. The van der Waals surface area contributed by atoms with Gasteiger partial charge in [0.2, 0.25) is 0 Å². The Hall–Kier alpha value is -1.56. The third kappa shape index (κ3) is 3.97. The monoisotopic (exact) mass is 386 g/mol. The van der Waals surface area contributed by atoms with Crippen molar-refractivity contribution in [3.8, 4) is 11.8 Å². The molecule has 0 aliphatic heterocycles. The molecule has 5 nitrogen and oxygen atoms in total. The number of hydrogen-bond donors (Lipinski definition) is 1. The van der Waals surface area contributed by atoms with E-state index in [2.05, 4.69) is 20.7 Å². The molecular weight excluding hydrogens is 376 g/mol. The highest BCUT2D eigenvalue weighted by molar-refractivity contribution is 9.11. The van der Waals surface area contributed by atoms with Gasteiger partial charge < -0.3 is 4.74 Å². The van der Waals surface area contributed by atoms with E-state index in [0.29, 0.717) is 16.3 Å². The van der Waals surface area contributed by atoms with Crippen LogP contribution in [0.2, 0.25) is 0 Å². The minimum atomic E-state index is -3.65. The zero-order valence-electron chi connectivity index (χ0n) is 11.0. The SMILES string of the molecule is Cc1sc(Br)cc1S(=O)(=O)Nc1cccc(OCC#N)c1. The fourth-order valence-corrected chi connectivity index (χ4v) is 5.14. The van der Waals surface area contributed by atoms with Crippen LogP contribution in [0.1, 0.15) is 4.88 Å². The number of rotatable bonds is 5. The van der Waals surface area contributed by atoms with E-state index in [9.17, 15) is 8.42 Å². The van der Waals surface area contributed by atoms with Crippen molar-refractivity contribution < 1.29 is 13.2 Å². The van der Waals surface area contributed by atoms with Crippen LogP contribution in [-0.2, 0) is 10.0 Å². The van der Waals surface area contributed by atoms with Gasteiger partial charge in [-0.1, -0.05) is 6.07 Å². The minimum Gasteiger partial charge on any atom is -0.479 e. The van der Waals surface area contributed by atoms with E-state index >= 15 is 0 Å². The number of halogens is 1. The second-order valence-corrected chi connectivity index (χ2v) is 8.34. The van der Waals surface area contributed by atoms with Crippen molar-refractivity contribution >= 4 is 43.0 Å². The number of nitrogens with one attached hydrogen (secondary N) is 1. The molecule has 0 aliphatic carbocycles. The highest BCUT2D eigenvalue weighted by atomic mass is 79.9. The first-order valence-corrected chi connectivity index (χ1v) is 8.90. The van der Waals surface area contributed by atoms with Crippen LogP contribution in [0.4, 0.5) is 5.69 Å². The van der Waals surface area contributed by atoms with E-state index in [1.165, 1.54) is 17.4 Å². The summed E-state index contributed by atoms with van der Waals surface area (Å²) in [5.41, 5.74) is 0.382. The molecule has 110 valence electrons. The topological polar surface area (TPSA) is 79.2 Å². The highest BCUT2D eigenvalue weighted by Gasteiger charge is 2.19. The van der Waals surface area contributed by atoms with E-state index in [1.54, 1.807) is 31.2 Å². The number of ether oxygens (including phenoxy) is 1. The van der Waals surface area contributed by atoms with Crippen molar-refractivity contribution in [2.75, 3.05) is 11.3 Å². The van der Waals surface area contributed by atoms with Gasteiger partial charge in [0.15, 0.2) is 6.61 Å². The lowest BCUT2D eigenvalue weighted by atomic mass is 10.3. The Balaban J connectivity index is 2.25. The summed E-state index contributed by atoms with van der Waals surface area (Å²) >= 11 is 4.63. The Labute approximate surface area is 135 Å². The first-order valence-electron chi connectivity index (χ1n) is 5.81. The number of sulfonamides is 1. The van der Waals surface area contributed by atoms with E-state index in [4.69, 9.17) is 10.00 Å². The molecule has 1 aromatic carbocycles. The lowest BCUT2D eigenvalue weighted by molar-refractivity contribution is 0.368. The summed E-state index contributed by atoms with van der Waals surface area (Å²) in [6.07, 6.45) is 0. The fourth-order valence-electron chi connectivity index (χ4n) is 1.67. The van der Waals surface area contributed by atoms with Gasteiger partial charge in [-0.3, -0.25) is 4.72 Å². The first kappa shape index (κ1) is 15.8. The third-order valence-corrected chi connectivity index (χ3v) is 5.71. The van der Waals surface area contributed by atoms with Gasteiger partial charge in [0.25, 0.3) is 10.0 Å². The smallest absolute Gasteiger partial charge is 0.263 e. The second kappa shape index (κ2) is 6.47. The summed E-state index contributed by atoms with van der Waals surface area (Å²) in [7, 11) is -3.65. The van der Waals surface area contributed by atoms with Crippen LogP contribution in [-0.4, -0.2) is 15.0 Å². The second-order valence-electron chi connectivity index (χ2n) is 4.05. The van der Waals surface area contributed by atoms with Crippen molar-refractivity contribution in [2.45, 2.75) is 11.8 Å². The lowest BCUT2D eigenvalue weighted by Crippen LogP contribution is -2.13. The summed E-state index contributed by atoms with van der Waals surface area (Å²) in [6, 6.07) is 9.88. The average molecular weight is 387 g/mol. The van der Waals surface area contributed by atoms with Gasteiger partial charge in [-0.25, -0.2) is 8.42 Å². The molecule has 0 saturated carbocycles. The number of hydrogen-bond acceptors (Lipinski definition) is 5. The molecular formula is C13H11BrN2O3S2. The predicted octanol–water partition coefficient (Wildman–Crippen LogP) is 3.52. The van der Waals surface area contributed by atoms with Crippen molar-refractivity contribution in [3.05, 3.63) is 39.0 Å². The quantitative estimate of drug-likeness (QED) is 0.852. The van der Waals surface area contributed by atoms with Crippen LogP contribution in [0, 0.1) is 18.3 Å². The number of nitriles is 1. The van der Waals surface area contributed by atoms with Crippen LogP contribution in [0.3, 0.4) is 0 Å². The molecule has 2 aromatic rings. The van der Waals surface area contributed by atoms with Crippen LogP contribution in [0.5, 0.6) is 5.75 Å². The number of nitrogens with zero attached hydrogens (tertiary/aromatic N) is 1. The van der Waals surface area contributed by atoms with Crippen molar-refractivity contribution in [1.82, 2.24) is 0 Å². The van der Waals surface area contributed by atoms with Crippen LogP contribution in [0.15, 0.2) is 39.0 Å². The Kier molecular flexibility index (Phi) is 4.88. The van der Waals surface area contributed by atoms with Crippen LogP contribution < -0.4 is 9.46 Å². The molecule has 0 spiro atoms. The summed E-state index contributed by atoms with van der Waals surface area (Å²) in [6.45, 7) is 1.66. The molecule has 0 radical (unpaired) electrons. The molecule has 0 bridgehead atoms. The van der Waals surface area contributed by atoms with Crippen molar-refractivity contribution in [3.63, 3.8) is 0 Å². The van der Waals surface area contributed by atoms with Gasteiger partial charge in [-0.15, -0.1) is 11.3 Å². The fraction of sp³-hybridized carbons (Fsp3) is 0.154. The maximum absolute atomic E-state index is 12.3. The normalized spacial score (nSPS) is 10.9. The summed E-state index contributed by atoms with van der Waals surface area (Å²) in [5, 5.41) is 8.48. The molecule has 0 fully saturated rings. The summed E-state index contributed by atoms with van der Waals surface area (Å²) in [4.78, 5) is 0.939. The maximum atomic E-state index is 12.3. The van der Waals surface area contributed by atoms with Crippen LogP contribution in [0.25, 0.3) is 0 Å². The van der Waals surface area contributed by atoms with Crippen molar-refractivity contribution in [1.29, 1.82) is 5.26 Å². The molecule has 0 aliphatic rings. The van der Waals surface area contributed by atoms with Gasteiger partial charge >= 0.3 is 0 Å². The molecule has 21 heavy (non-hydrogen) atoms. The molecule has 1 aromatic heterocycles. The van der Waals surface area contributed by atoms with Crippen LogP contribution >= 0.6 is 27.3 Å². The molecule has 1 heterocycles. The number of anilines is 1. The Morgan fingerprint density at radius 1 is 1.43 bits per heavy atom. The predicted molar refractivity (Wildman–Crippen MR) is 85.1 cm³/mol.